The molecule has 0 spiro atoms. The Hall–Kier alpha value is -2.33. The zero-order chi connectivity index (χ0) is 20.1. The predicted octanol–water partition coefficient (Wildman–Crippen LogP) is 4.61. The molecule has 0 aliphatic heterocycles. The van der Waals surface area contributed by atoms with E-state index in [2.05, 4.69) is 10.6 Å². The number of hydrogen-bond donors (Lipinski definition) is 2. The van der Waals surface area contributed by atoms with Crippen LogP contribution in [0.3, 0.4) is 0 Å². The molecule has 1 fully saturated rings. The van der Waals surface area contributed by atoms with Gasteiger partial charge in [-0.25, -0.2) is 0 Å². The van der Waals surface area contributed by atoms with E-state index in [1.54, 1.807) is 6.07 Å². The van der Waals surface area contributed by atoms with Crippen LogP contribution in [0.4, 0.5) is 0 Å². The van der Waals surface area contributed by atoms with E-state index in [1.165, 1.54) is 0 Å². The van der Waals surface area contributed by atoms with Crippen molar-refractivity contribution >= 4 is 23.4 Å². The summed E-state index contributed by atoms with van der Waals surface area (Å²) < 4.78 is 0. The summed E-state index contributed by atoms with van der Waals surface area (Å²) in [5, 5.41) is 6.71. The van der Waals surface area contributed by atoms with E-state index in [0.717, 1.165) is 36.8 Å². The highest BCUT2D eigenvalue weighted by Gasteiger charge is 2.45. The van der Waals surface area contributed by atoms with Gasteiger partial charge in [0.25, 0.3) is 5.91 Å². The quantitative estimate of drug-likeness (QED) is 0.715. The molecule has 148 valence electrons. The Balaban J connectivity index is 1.66. The minimum Gasteiger partial charge on any atom is -0.351 e. The molecule has 0 bridgehead atoms. The van der Waals surface area contributed by atoms with E-state index in [4.69, 9.17) is 11.6 Å². The van der Waals surface area contributed by atoms with Gasteiger partial charge in [0.15, 0.2) is 0 Å². The molecule has 1 unspecified atom stereocenters. The van der Waals surface area contributed by atoms with Crippen molar-refractivity contribution in [2.24, 2.45) is 0 Å². The second kappa shape index (κ2) is 8.78. The van der Waals surface area contributed by atoms with Crippen LogP contribution in [0.25, 0.3) is 0 Å². The van der Waals surface area contributed by atoms with Crippen molar-refractivity contribution in [3.8, 4) is 0 Å². The molecule has 3 rings (SSSR count). The first kappa shape index (κ1) is 20.4. The Labute approximate surface area is 171 Å². The molecule has 2 N–H and O–H groups in total. The molecule has 2 aromatic rings. The minimum atomic E-state index is -0.462. The van der Waals surface area contributed by atoms with E-state index >= 15 is 0 Å². The van der Waals surface area contributed by atoms with E-state index in [9.17, 15) is 9.59 Å². The maximum atomic E-state index is 13.0. The van der Waals surface area contributed by atoms with Crippen molar-refractivity contribution in [1.29, 1.82) is 0 Å². The zero-order valence-electron chi connectivity index (χ0n) is 16.4. The first-order valence-corrected chi connectivity index (χ1v) is 10.3. The summed E-state index contributed by atoms with van der Waals surface area (Å²) in [5.41, 5.74) is 2.08. The Kier molecular flexibility index (Phi) is 6.40. The molecule has 0 heterocycles. The van der Waals surface area contributed by atoms with Gasteiger partial charge in [0.05, 0.1) is 5.41 Å². The van der Waals surface area contributed by atoms with Crippen molar-refractivity contribution in [3.63, 3.8) is 0 Å². The molecule has 1 saturated carbocycles. The van der Waals surface area contributed by atoms with E-state index < -0.39 is 5.41 Å². The van der Waals surface area contributed by atoms with Crippen LogP contribution in [0, 0.1) is 0 Å². The van der Waals surface area contributed by atoms with Crippen LogP contribution < -0.4 is 10.6 Å². The molecule has 28 heavy (non-hydrogen) atoms. The molecule has 0 saturated heterocycles. The molecular weight excluding hydrogens is 372 g/mol. The predicted molar refractivity (Wildman–Crippen MR) is 112 cm³/mol. The van der Waals surface area contributed by atoms with Gasteiger partial charge in [-0.15, -0.1) is 0 Å². The normalized spacial score (nSPS) is 16.0. The Morgan fingerprint density at radius 1 is 1.14 bits per heavy atom. The number of carbonyl (C=O) groups excluding carboxylic acids is 2. The van der Waals surface area contributed by atoms with E-state index in [1.807, 2.05) is 56.3 Å². The minimum absolute atomic E-state index is 0.0375. The van der Waals surface area contributed by atoms with Crippen LogP contribution in [0.15, 0.2) is 48.5 Å². The van der Waals surface area contributed by atoms with Crippen molar-refractivity contribution in [2.45, 2.75) is 57.5 Å². The molecule has 1 aliphatic rings. The molecule has 0 aromatic heterocycles. The molecule has 5 heteroatoms. The monoisotopic (exact) mass is 398 g/mol. The lowest BCUT2D eigenvalue weighted by atomic mass is 9.64. The van der Waals surface area contributed by atoms with Gasteiger partial charge >= 0.3 is 0 Å². The summed E-state index contributed by atoms with van der Waals surface area (Å²) in [6.07, 6.45) is 3.62. The highest BCUT2D eigenvalue weighted by atomic mass is 35.5. The smallest absolute Gasteiger partial charge is 0.251 e. The lowest BCUT2D eigenvalue weighted by Crippen LogP contribution is -2.49. The highest BCUT2D eigenvalue weighted by Crippen LogP contribution is 2.44. The van der Waals surface area contributed by atoms with Gasteiger partial charge in [0.1, 0.15) is 0 Å². The summed E-state index contributed by atoms with van der Waals surface area (Å²) >= 11 is 5.99. The average Bonchev–Trinajstić information content (AvgIpc) is 2.67. The van der Waals surface area contributed by atoms with Crippen LogP contribution in [0.2, 0.25) is 5.02 Å². The van der Waals surface area contributed by atoms with Crippen molar-refractivity contribution in [3.05, 3.63) is 70.2 Å². The van der Waals surface area contributed by atoms with Gasteiger partial charge in [-0.1, -0.05) is 49.2 Å². The van der Waals surface area contributed by atoms with Crippen molar-refractivity contribution in [2.75, 3.05) is 0 Å². The molecule has 1 aliphatic carbocycles. The van der Waals surface area contributed by atoms with Crippen molar-refractivity contribution < 1.29 is 9.59 Å². The summed E-state index contributed by atoms with van der Waals surface area (Å²) in [5.74, 6) is -0.0466. The maximum Gasteiger partial charge on any atom is 0.251 e. The number of hydrogen-bond acceptors (Lipinski definition) is 2. The number of amides is 2. The fraction of sp³-hybridized carbons (Fsp3) is 0.391. The Morgan fingerprint density at radius 3 is 2.46 bits per heavy atom. The van der Waals surface area contributed by atoms with Crippen molar-refractivity contribution in [1.82, 2.24) is 10.6 Å². The molecule has 2 amide bonds. The van der Waals surface area contributed by atoms with Crippen LogP contribution in [-0.2, 0) is 16.8 Å². The SMILES string of the molecule is CCC(C)NC(=O)c1cccc(CNC(=O)C2(c3ccc(Cl)cc3)CCC2)c1. The zero-order valence-corrected chi connectivity index (χ0v) is 17.2. The molecule has 4 nitrogen and oxygen atoms in total. The first-order chi connectivity index (χ1) is 13.4. The van der Waals surface area contributed by atoms with Gasteiger partial charge in [0.2, 0.25) is 5.91 Å². The molecular formula is C23H27ClN2O2. The lowest BCUT2D eigenvalue weighted by Gasteiger charge is -2.40. The Bertz CT molecular complexity index is 844. The van der Waals surface area contributed by atoms with Crippen LogP contribution in [-0.4, -0.2) is 17.9 Å². The summed E-state index contributed by atoms with van der Waals surface area (Å²) in [4.78, 5) is 25.3. The van der Waals surface area contributed by atoms with Gasteiger partial charge < -0.3 is 10.6 Å². The van der Waals surface area contributed by atoms with Crippen LogP contribution >= 0.6 is 11.6 Å². The number of carbonyl (C=O) groups is 2. The fourth-order valence-corrected chi connectivity index (χ4v) is 3.66. The van der Waals surface area contributed by atoms with Gasteiger partial charge in [-0.3, -0.25) is 9.59 Å². The highest BCUT2D eigenvalue weighted by molar-refractivity contribution is 6.30. The Morgan fingerprint density at radius 2 is 1.86 bits per heavy atom. The number of halogens is 1. The second-order valence-electron chi connectivity index (χ2n) is 7.61. The summed E-state index contributed by atoms with van der Waals surface area (Å²) in [7, 11) is 0. The number of rotatable bonds is 7. The third-order valence-corrected chi connectivity index (χ3v) is 5.92. The fourth-order valence-electron chi connectivity index (χ4n) is 3.53. The third kappa shape index (κ3) is 4.39. The van der Waals surface area contributed by atoms with E-state index in [0.29, 0.717) is 17.1 Å². The van der Waals surface area contributed by atoms with Gasteiger partial charge in [-0.05, 0) is 61.6 Å². The van der Waals surface area contributed by atoms with Crippen LogP contribution in [0.1, 0.15) is 61.0 Å². The topological polar surface area (TPSA) is 58.2 Å². The standard InChI is InChI=1S/C23H27ClN2O2/c1-3-16(2)26-21(27)18-7-4-6-17(14-18)15-25-22(28)23(12-5-13-23)19-8-10-20(24)11-9-19/h4,6-11,14,16H,3,5,12-13,15H2,1-2H3,(H,25,28)(H,26,27). The third-order valence-electron chi connectivity index (χ3n) is 5.67. The number of benzene rings is 2. The summed E-state index contributed by atoms with van der Waals surface area (Å²) in [6.45, 7) is 4.42. The van der Waals surface area contributed by atoms with Gasteiger partial charge in [0, 0.05) is 23.2 Å². The maximum absolute atomic E-state index is 13.0. The van der Waals surface area contributed by atoms with Gasteiger partial charge in [-0.2, -0.15) is 0 Å². The first-order valence-electron chi connectivity index (χ1n) is 9.89. The van der Waals surface area contributed by atoms with E-state index in [-0.39, 0.29) is 17.9 Å². The number of nitrogens with one attached hydrogen (secondary N) is 2. The molecule has 1 atom stereocenters. The molecule has 0 radical (unpaired) electrons. The second-order valence-corrected chi connectivity index (χ2v) is 8.04. The summed E-state index contributed by atoms with van der Waals surface area (Å²) in [6, 6.07) is 15.1. The van der Waals surface area contributed by atoms with Crippen LogP contribution in [0.5, 0.6) is 0 Å². The molecule has 2 aromatic carbocycles. The largest absolute Gasteiger partial charge is 0.351 e. The average molecular weight is 399 g/mol. The lowest BCUT2D eigenvalue weighted by molar-refractivity contribution is -0.130.